The number of carbonyl (C=O) groups is 1. The van der Waals surface area contributed by atoms with Gasteiger partial charge < -0.3 is 21.7 Å². The van der Waals surface area contributed by atoms with Gasteiger partial charge in [0, 0.05) is 35.6 Å². The van der Waals surface area contributed by atoms with E-state index in [0.29, 0.717) is 28.4 Å². The largest absolute Gasteiger partial charge is 0.375 e. The van der Waals surface area contributed by atoms with Crippen molar-refractivity contribution < 1.29 is 4.79 Å². The van der Waals surface area contributed by atoms with Crippen LogP contribution in [0.3, 0.4) is 0 Å². The maximum atomic E-state index is 12.8. The highest BCUT2D eigenvalue weighted by molar-refractivity contribution is 7.18. The number of anilines is 3. The first-order chi connectivity index (χ1) is 15.6. The summed E-state index contributed by atoms with van der Waals surface area (Å²) in [4.78, 5) is 26.7. The van der Waals surface area contributed by atoms with Crippen LogP contribution in [0.4, 0.5) is 16.8 Å². The van der Waals surface area contributed by atoms with Crippen LogP contribution in [0.2, 0.25) is 0 Å². The third-order valence-electron chi connectivity index (χ3n) is 5.48. The summed E-state index contributed by atoms with van der Waals surface area (Å²) in [5.74, 6) is 0.983. The molecule has 9 heteroatoms. The Balaban J connectivity index is 1.33. The van der Waals surface area contributed by atoms with Crippen molar-refractivity contribution in [2.24, 2.45) is 0 Å². The van der Waals surface area contributed by atoms with Gasteiger partial charge in [-0.15, -0.1) is 0 Å². The molecule has 5 rings (SSSR count). The zero-order chi connectivity index (χ0) is 21.9. The normalized spacial score (nSPS) is 14.4. The van der Waals surface area contributed by atoms with Crippen LogP contribution < -0.4 is 21.7 Å². The summed E-state index contributed by atoms with van der Waals surface area (Å²) >= 11 is 1.44. The highest BCUT2D eigenvalue weighted by Gasteiger charge is 2.15. The highest BCUT2D eigenvalue weighted by Crippen LogP contribution is 2.30. The number of hydrogen-bond donors (Lipinski definition) is 4. The summed E-state index contributed by atoms with van der Waals surface area (Å²) in [5, 5.41) is 12.2. The Morgan fingerprint density at radius 3 is 2.69 bits per heavy atom. The molecule has 0 radical (unpaired) electrons. The highest BCUT2D eigenvalue weighted by atomic mass is 32.1. The number of fused-ring (bicyclic) bond motifs is 1. The molecule has 1 saturated heterocycles. The molecule has 0 aliphatic carbocycles. The van der Waals surface area contributed by atoms with E-state index < -0.39 is 0 Å². The predicted octanol–water partition coefficient (Wildman–Crippen LogP) is 3.75. The van der Waals surface area contributed by atoms with Crippen LogP contribution in [0.1, 0.15) is 23.2 Å². The Kier molecular flexibility index (Phi) is 5.66. The summed E-state index contributed by atoms with van der Waals surface area (Å²) in [6, 6.07) is 11.8. The van der Waals surface area contributed by atoms with E-state index in [1.165, 1.54) is 11.3 Å². The number of nitrogens with zero attached hydrogens (tertiary/aromatic N) is 3. The number of thiazole rings is 1. The van der Waals surface area contributed by atoms with Gasteiger partial charge in [-0.05, 0) is 61.1 Å². The van der Waals surface area contributed by atoms with Crippen molar-refractivity contribution in [2.75, 3.05) is 29.5 Å². The number of pyridine rings is 2. The molecular formula is C23H23N7OS. The Bertz CT molecular complexity index is 1270. The van der Waals surface area contributed by atoms with Crippen molar-refractivity contribution in [3.8, 4) is 10.4 Å². The van der Waals surface area contributed by atoms with Crippen LogP contribution in [0, 0.1) is 0 Å². The van der Waals surface area contributed by atoms with E-state index in [1.54, 1.807) is 30.7 Å². The summed E-state index contributed by atoms with van der Waals surface area (Å²) in [5.41, 5.74) is 7.32. The number of piperidine rings is 1. The van der Waals surface area contributed by atoms with Gasteiger partial charge in [-0.1, -0.05) is 23.5 Å². The summed E-state index contributed by atoms with van der Waals surface area (Å²) < 4.78 is 0. The topological polar surface area (TPSA) is 118 Å². The summed E-state index contributed by atoms with van der Waals surface area (Å²) in [7, 11) is 0. The first-order valence-electron chi connectivity index (χ1n) is 10.5. The van der Waals surface area contributed by atoms with Crippen molar-refractivity contribution in [1.29, 1.82) is 0 Å². The Morgan fingerprint density at radius 1 is 1.00 bits per heavy atom. The monoisotopic (exact) mass is 445 g/mol. The van der Waals surface area contributed by atoms with Gasteiger partial charge in [-0.2, -0.15) is 0 Å². The van der Waals surface area contributed by atoms with Gasteiger partial charge in [0.2, 0.25) is 0 Å². The molecular weight excluding hydrogens is 422 g/mol. The molecule has 3 aromatic heterocycles. The number of nitrogens with two attached hydrogens (primary N) is 1. The number of nitrogens with one attached hydrogen (secondary N) is 3. The number of hydrogen-bond acceptors (Lipinski definition) is 8. The SMILES string of the molecule is Nc1ncc(-c2ccc3cnc(NC(=O)c4ccnc(NC5CCNCC5)c4)cc3c2)s1. The molecule has 1 fully saturated rings. The van der Waals surface area contributed by atoms with E-state index in [9.17, 15) is 4.79 Å². The van der Waals surface area contributed by atoms with Crippen LogP contribution in [0.15, 0.2) is 55.0 Å². The predicted molar refractivity (Wildman–Crippen MR) is 129 cm³/mol. The zero-order valence-electron chi connectivity index (χ0n) is 17.3. The zero-order valence-corrected chi connectivity index (χ0v) is 18.2. The number of carbonyl (C=O) groups excluding carboxylic acids is 1. The van der Waals surface area contributed by atoms with Crippen molar-refractivity contribution in [3.05, 3.63) is 60.6 Å². The molecule has 4 heterocycles. The molecule has 0 atom stereocenters. The fourth-order valence-corrected chi connectivity index (χ4v) is 4.48. The summed E-state index contributed by atoms with van der Waals surface area (Å²) in [6.07, 6.45) is 7.25. The molecule has 32 heavy (non-hydrogen) atoms. The second kappa shape index (κ2) is 8.89. The lowest BCUT2D eigenvalue weighted by atomic mass is 10.1. The molecule has 4 aromatic rings. The molecule has 8 nitrogen and oxygen atoms in total. The molecule has 1 aliphatic heterocycles. The molecule has 0 saturated carbocycles. The first kappa shape index (κ1) is 20.3. The molecule has 1 amide bonds. The smallest absolute Gasteiger partial charge is 0.257 e. The van der Waals surface area contributed by atoms with E-state index in [1.807, 2.05) is 24.3 Å². The van der Waals surface area contributed by atoms with Crippen molar-refractivity contribution in [2.45, 2.75) is 18.9 Å². The third-order valence-corrected chi connectivity index (χ3v) is 6.36. The van der Waals surface area contributed by atoms with E-state index in [-0.39, 0.29) is 5.91 Å². The Hall–Kier alpha value is -3.56. The van der Waals surface area contributed by atoms with Gasteiger partial charge in [0.05, 0.1) is 4.88 Å². The molecule has 0 bridgehead atoms. The lowest BCUT2D eigenvalue weighted by Crippen LogP contribution is -2.35. The van der Waals surface area contributed by atoms with Crippen molar-refractivity contribution >= 4 is 44.8 Å². The third kappa shape index (κ3) is 4.53. The van der Waals surface area contributed by atoms with Crippen LogP contribution in [-0.2, 0) is 0 Å². The van der Waals surface area contributed by atoms with Crippen LogP contribution in [0.5, 0.6) is 0 Å². The molecule has 5 N–H and O–H groups in total. The van der Waals surface area contributed by atoms with E-state index in [0.717, 1.165) is 47.1 Å². The van der Waals surface area contributed by atoms with Crippen LogP contribution in [0.25, 0.3) is 21.2 Å². The Labute approximate surface area is 189 Å². The fourth-order valence-electron chi connectivity index (χ4n) is 3.80. The van der Waals surface area contributed by atoms with Gasteiger partial charge in [0.25, 0.3) is 5.91 Å². The minimum atomic E-state index is -0.223. The minimum absolute atomic E-state index is 0.223. The minimum Gasteiger partial charge on any atom is -0.375 e. The van der Waals surface area contributed by atoms with Gasteiger partial charge in [-0.25, -0.2) is 15.0 Å². The molecule has 1 aromatic carbocycles. The number of benzene rings is 1. The molecule has 1 aliphatic rings. The summed E-state index contributed by atoms with van der Waals surface area (Å²) in [6.45, 7) is 1.98. The van der Waals surface area contributed by atoms with Gasteiger partial charge in [-0.3, -0.25) is 4.79 Å². The van der Waals surface area contributed by atoms with Gasteiger partial charge >= 0.3 is 0 Å². The average Bonchev–Trinajstić information content (AvgIpc) is 3.26. The van der Waals surface area contributed by atoms with E-state index in [2.05, 4.69) is 30.9 Å². The van der Waals surface area contributed by atoms with Gasteiger partial charge in [0.1, 0.15) is 11.6 Å². The number of rotatable bonds is 5. The quantitative estimate of drug-likeness (QED) is 0.369. The van der Waals surface area contributed by atoms with Crippen LogP contribution in [-0.4, -0.2) is 40.0 Å². The van der Waals surface area contributed by atoms with E-state index >= 15 is 0 Å². The maximum Gasteiger partial charge on any atom is 0.257 e. The lowest BCUT2D eigenvalue weighted by molar-refractivity contribution is 0.102. The Morgan fingerprint density at radius 2 is 1.88 bits per heavy atom. The number of aromatic nitrogens is 3. The number of amides is 1. The van der Waals surface area contributed by atoms with Gasteiger partial charge in [0.15, 0.2) is 5.13 Å². The van der Waals surface area contributed by atoms with Crippen molar-refractivity contribution in [3.63, 3.8) is 0 Å². The standard InChI is InChI=1S/C23H23N7OS/c24-23-28-13-19(32-23)14-1-2-16-12-27-21(11-17(16)9-14)30-22(31)15-3-8-26-20(10-15)29-18-4-6-25-7-5-18/h1-3,8-13,18,25H,4-7H2,(H2,24,28)(H,26,29)(H,27,30,31). The average molecular weight is 446 g/mol. The molecule has 162 valence electrons. The fraction of sp³-hybridized carbons (Fsp3) is 0.217. The van der Waals surface area contributed by atoms with E-state index in [4.69, 9.17) is 5.73 Å². The first-order valence-corrected chi connectivity index (χ1v) is 11.3. The maximum absolute atomic E-state index is 12.8. The number of nitrogen functional groups attached to an aromatic ring is 1. The molecule has 0 unspecified atom stereocenters. The second-order valence-corrected chi connectivity index (χ2v) is 8.81. The second-order valence-electron chi connectivity index (χ2n) is 7.75. The van der Waals surface area contributed by atoms with Crippen molar-refractivity contribution in [1.82, 2.24) is 20.3 Å². The lowest BCUT2D eigenvalue weighted by Gasteiger charge is -2.24. The molecule has 0 spiro atoms. The van der Waals surface area contributed by atoms with Crippen LogP contribution >= 0.6 is 11.3 Å².